The Bertz CT molecular complexity index is 409. The minimum atomic E-state index is -0.256. The number of rotatable bonds is 8. The number of esters is 1. The molecule has 0 saturated carbocycles. The second kappa shape index (κ2) is 9.09. The Balaban J connectivity index is 2.98. The Labute approximate surface area is 134 Å². The first kappa shape index (κ1) is 18.9. The maximum atomic E-state index is 12.0. The van der Waals surface area contributed by atoms with Crippen molar-refractivity contribution in [3.8, 4) is 0 Å². The third-order valence-electron chi connectivity index (χ3n) is 4.38. The van der Waals surface area contributed by atoms with Crippen molar-refractivity contribution in [2.75, 3.05) is 6.61 Å². The van der Waals surface area contributed by atoms with Crippen LogP contribution in [0.15, 0.2) is 11.6 Å². The van der Waals surface area contributed by atoms with Crippen molar-refractivity contribution in [3.05, 3.63) is 11.6 Å². The fourth-order valence-electron chi connectivity index (χ4n) is 3.08. The number of carbonyl (C=O) groups is 2. The first-order valence-corrected chi connectivity index (χ1v) is 8.45. The Morgan fingerprint density at radius 2 is 1.91 bits per heavy atom. The van der Waals surface area contributed by atoms with Gasteiger partial charge in [-0.15, -0.1) is 0 Å². The molecule has 0 fully saturated rings. The third kappa shape index (κ3) is 5.24. The lowest BCUT2D eigenvalue weighted by molar-refractivity contribution is -0.139. The van der Waals surface area contributed by atoms with Crippen LogP contribution in [0.1, 0.15) is 60.3 Å². The average molecular weight is 310 g/mol. The number of hydrogen-bond donors (Lipinski definition) is 0. The molecule has 0 spiro atoms. The second-order valence-electron chi connectivity index (χ2n) is 6.20. The SMILES string of the molecule is CCOC(=O)C1=C[C@@H](OC(CC)CC)[C@H](CC(C)=O)[C@@H](C)C1. The molecule has 0 aromatic heterocycles. The standard InChI is InChI=1S/C18H30O4/c1-6-15(7-2)22-17-11-14(18(20)21-8-3)9-12(4)16(17)10-13(5)19/h11-12,15-17H,6-10H2,1-5H3/t12-,16+,17+/m0/s1. The van der Waals surface area contributed by atoms with Gasteiger partial charge in [-0.1, -0.05) is 20.8 Å². The van der Waals surface area contributed by atoms with E-state index in [-0.39, 0.29) is 35.8 Å². The predicted molar refractivity (Wildman–Crippen MR) is 86.5 cm³/mol. The van der Waals surface area contributed by atoms with E-state index >= 15 is 0 Å². The van der Waals surface area contributed by atoms with Gasteiger partial charge in [0.25, 0.3) is 0 Å². The van der Waals surface area contributed by atoms with E-state index in [1.54, 1.807) is 13.8 Å². The highest BCUT2D eigenvalue weighted by Crippen LogP contribution is 2.35. The second-order valence-corrected chi connectivity index (χ2v) is 6.20. The zero-order valence-corrected chi connectivity index (χ0v) is 14.6. The normalized spacial score (nSPS) is 25.0. The predicted octanol–water partition coefficient (Wildman–Crippen LogP) is 3.68. The van der Waals surface area contributed by atoms with Gasteiger partial charge in [0.1, 0.15) is 5.78 Å². The summed E-state index contributed by atoms with van der Waals surface area (Å²) in [6.45, 7) is 10.1. The fourth-order valence-corrected chi connectivity index (χ4v) is 3.08. The summed E-state index contributed by atoms with van der Waals surface area (Å²) < 4.78 is 11.3. The Morgan fingerprint density at radius 3 is 2.41 bits per heavy atom. The zero-order chi connectivity index (χ0) is 16.7. The van der Waals surface area contributed by atoms with Crippen LogP contribution in [-0.2, 0) is 19.1 Å². The molecule has 0 bridgehead atoms. The van der Waals surface area contributed by atoms with E-state index < -0.39 is 0 Å². The molecule has 0 aromatic rings. The quantitative estimate of drug-likeness (QED) is 0.642. The summed E-state index contributed by atoms with van der Waals surface area (Å²) in [6.07, 6.45) is 4.87. The lowest BCUT2D eigenvalue weighted by atomic mass is 9.76. The number of ether oxygens (including phenoxy) is 2. The molecule has 1 aliphatic carbocycles. The van der Waals surface area contributed by atoms with Gasteiger partial charge in [0.15, 0.2) is 0 Å². The molecule has 126 valence electrons. The van der Waals surface area contributed by atoms with E-state index in [2.05, 4.69) is 20.8 Å². The molecule has 4 nitrogen and oxygen atoms in total. The highest BCUT2D eigenvalue weighted by atomic mass is 16.5. The minimum Gasteiger partial charge on any atom is -0.463 e. The lowest BCUT2D eigenvalue weighted by Gasteiger charge is -2.36. The molecule has 3 atom stereocenters. The highest BCUT2D eigenvalue weighted by Gasteiger charge is 2.35. The van der Waals surface area contributed by atoms with E-state index in [1.165, 1.54) is 0 Å². The van der Waals surface area contributed by atoms with Gasteiger partial charge in [-0.2, -0.15) is 0 Å². The van der Waals surface area contributed by atoms with Crippen LogP contribution in [0, 0.1) is 11.8 Å². The van der Waals surface area contributed by atoms with Gasteiger partial charge in [-0.25, -0.2) is 4.79 Å². The van der Waals surface area contributed by atoms with Gasteiger partial charge in [0.2, 0.25) is 0 Å². The number of Topliss-reactive ketones (excluding diaryl/α,β-unsaturated/α-hetero) is 1. The summed E-state index contributed by atoms with van der Waals surface area (Å²) in [6, 6.07) is 0. The van der Waals surface area contributed by atoms with Gasteiger partial charge in [-0.05, 0) is 51.0 Å². The molecule has 0 aromatic carbocycles. The molecule has 0 saturated heterocycles. The van der Waals surface area contributed by atoms with Crippen molar-refractivity contribution in [2.45, 2.75) is 72.5 Å². The monoisotopic (exact) mass is 310 g/mol. The van der Waals surface area contributed by atoms with Crippen LogP contribution in [-0.4, -0.2) is 30.6 Å². The summed E-state index contributed by atoms with van der Waals surface area (Å²) in [5.74, 6) is 0.278. The summed E-state index contributed by atoms with van der Waals surface area (Å²) >= 11 is 0. The smallest absolute Gasteiger partial charge is 0.333 e. The largest absolute Gasteiger partial charge is 0.463 e. The fraction of sp³-hybridized carbons (Fsp3) is 0.778. The maximum absolute atomic E-state index is 12.0. The van der Waals surface area contributed by atoms with Crippen molar-refractivity contribution in [2.24, 2.45) is 11.8 Å². The van der Waals surface area contributed by atoms with Crippen molar-refractivity contribution in [1.29, 1.82) is 0 Å². The molecule has 4 heteroatoms. The van der Waals surface area contributed by atoms with Gasteiger partial charge in [0, 0.05) is 12.0 Å². The van der Waals surface area contributed by atoms with E-state index in [0.717, 1.165) is 12.8 Å². The van der Waals surface area contributed by atoms with Crippen LogP contribution in [0.5, 0.6) is 0 Å². The van der Waals surface area contributed by atoms with Crippen molar-refractivity contribution >= 4 is 11.8 Å². The van der Waals surface area contributed by atoms with Gasteiger partial charge in [0.05, 0.1) is 18.8 Å². The molecule has 1 rings (SSSR count). The molecule has 22 heavy (non-hydrogen) atoms. The first-order valence-electron chi connectivity index (χ1n) is 8.45. The molecule has 0 N–H and O–H groups in total. The maximum Gasteiger partial charge on any atom is 0.333 e. The molecule has 0 amide bonds. The minimum absolute atomic E-state index is 0.135. The summed E-state index contributed by atoms with van der Waals surface area (Å²) in [4.78, 5) is 23.6. The number of hydrogen-bond acceptors (Lipinski definition) is 4. The molecule has 0 aliphatic heterocycles. The van der Waals surface area contributed by atoms with Gasteiger partial charge >= 0.3 is 5.97 Å². The first-order chi connectivity index (χ1) is 10.4. The van der Waals surface area contributed by atoms with E-state index in [0.29, 0.717) is 25.0 Å². The zero-order valence-electron chi connectivity index (χ0n) is 14.6. The molecule has 1 aliphatic rings. The van der Waals surface area contributed by atoms with E-state index in [4.69, 9.17) is 9.47 Å². The van der Waals surface area contributed by atoms with Crippen molar-refractivity contribution < 1.29 is 19.1 Å². The van der Waals surface area contributed by atoms with Gasteiger partial charge in [-0.3, -0.25) is 0 Å². The van der Waals surface area contributed by atoms with E-state index in [9.17, 15) is 9.59 Å². The van der Waals surface area contributed by atoms with E-state index in [1.807, 2.05) is 6.08 Å². The van der Waals surface area contributed by atoms with Gasteiger partial charge < -0.3 is 14.3 Å². The van der Waals surface area contributed by atoms with Crippen LogP contribution in [0.2, 0.25) is 0 Å². The molecule has 0 unspecified atom stereocenters. The Morgan fingerprint density at radius 1 is 1.27 bits per heavy atom. The molecule has 0 radical (unpaired) electrons. The van der Waals surface area contributed by atoms with Crippen LogP contribution in [0.4, 0.5) is 0 Å². The Hall–Kier alpha value is -1.16. The van der Waals surface area contributed by atoms with Crippen molar-refractivity contribution in [3.63, 3.8) is 0 Å². The topological polar surface area (TPSA) is 52.6 Å². The van der Waals surface area contributed by atoms with Crippen molar-refractivity contribution in [1.82, 2.24) is 0 Å². The summed E-state index contributed by atoms with van der Waals surface area (Å²) in [7, 11) is 0. The Kier molecular flexibility index (Phi) is 7.80. The third-order valence-corrected chi connectivity index (χ3v) is 4.38. The van der Waals surface area contributed by atoms with Crippen LogP contribution in [0.3, 0.4) is 0 Å². The molecule has 0 heterocycles. The lowest BCUT2D eigenvalue weighted by Crippen LogP contribution is -2.37. The van der Waals surface area contributed by atoms with Crippen LogP contribution < -0.4 is 0 Å². The summed E-state index contributed by atoms with van der Waals surface area (Å²) in [5, 5.41) is 0. The highest BCUT2D eigenvalue weighted by molar-refractivity contribution is 5.89. The molecular weight excluding hydrogens is 280 g/mol. The number of ketones is 1. The summed E-state index contributed by atoms with van der Waals surface area (Å²) in [5.41, 5.74) is 0.685. The average Bonchev–Trinajstić information content (AvgIpc) is 2.47. The van der Waals surface area contributed by atoms with Crippen LogP contribution in [0.25, 0.3) is 0 Å². The molecular formula is C18H30O4. The van der Waals surface area contributed by atoms with Crippen LogP contribution >= 0.6 is 0 Å². The number of carbonyl (C=O) groups excluding carboxylic acids is 2.